The third-order valence-corrected chi connectivity index (χ3v) is 6.51. The summed E-state index contributed by atoms with van der Waals surface area (Å²) in [4.78, 5) is 49.9. The van der Waals surface area contributed by atoms with Crippen molar-refractivity contribution in [2.24, 2.45) is 0 Å². The molecule has 10 nitrogen and oxygen atoms in total. The van der Waals surface area contributed by atoms with Crippen molar-refractivity contribution in [1.82, 2.24) is 4.90 Å². The number of rotatable bonds is 11. The number of esters is 3. The maximum atomic E-state index is 13.0. The fourth-order valence-electron chi connectivity index (χ4n) is 5.06. The van der Waals surface area contributed by atoms with Gasteiger partial charge >= 0.3 is 17.9 Å². The van der Waals surface area contributed by atoms with Crippen LogP contribution in [-0.2, 0) is 43.5 Å². The van der Waals surface area contributed by atoms with Gasteiger partial charge in [-0.05, 0) is 37.5 Å². The van der Waals surface area contributed by atoms with Crippen molar-refractivity contribution >= 4 is 23.8 Å². The Morgan fingerprint density at radius 3 is 2.23 bits per heavy atom. The Morgan fingerprint density at radius 2 is 1.67 bits per heavy atom. The largest absolute Gasteiger partial charge is 0.464 e. The first-order valence-corrected chi connectivity index (χ1v) is 13.3. The Hall–Kier alpha value is -3.14. The minimum atomic E-state index is -0.993. The molecule has 0 radical (unpaired) electrons. The summed E-state index contributed by atoms with van der Waals surface area (Å²) in [5, 5.41) is 0. The third-order valence-electron chi connectivity index (χ3n) is 6.51. The van der Waals surface area contributed by atoms with E-state index >= 15 is 0 Å². The Kier molecular flexibility index (Phi) is 11.3. The predicted molar refractivity (Wildman–Crippen MR) is 143 cm³/mol. The normalized spacial score (nSPS) is 21.1. The van der Waals surface area contributed by atoms with Gasteiger partial charge in [0.25, 0.3) is 0 Å². The maximum Gasteiger partial charge on any atom is 0.303 e. The highest BCUT2D eigenvalue weighted by Crippen LogP contribution is 2.40. The third kappa shape index (κ3) is 9.23. The van der Waals surface area contributed by atoms with Crippen molar-refractivity contribution in [2.75, 3.05) is 20.2 Å². The molecule has 39 heavy (non-hydrogen) atoms. The molecule has 0 spiro atoms. The van der Waals surface area contributed by atoms with E-state index in [1.807, 2.05) is 46.8 Å². The molecular weight excluding hydrogens is 506 g/mol. The first kappa shape index (κ1) is 32.1. The predicted octanol–water partition coefficient (Wildman–Crippen LogP) is 3.76. The lowest BCUT2D eigenvalue weighted by Gasteiger charge is -2.40. The molecule has 0 unspecified atom stereocenters. The quantitative estimate of drug-likeness (QED) is 0.300. The lowest BCUT2D eigenvalue weighted by Crippen LogP contribution is -2.54. The Balaban J connectivity index is 2.44. The molecule has 0 aliphatic carbocycles. The van der Waals surface area contributed by atoms with Crippen LogP contribution in [0.3, 0.4) is 0 Å². The molecule has 2 rings (SSSR count). The second kappa shape index (κ2) is 13.8. The zero-order valence-electron chi connectivity index (χ0n) is 24.6. The standard InChI is InChI=1S/C29H43NO9/c1-10-11-30(9)25(34)15-29(7,8)27-18(3)12-17(2)13-22(27)38-26-14-23(36-20(5)32)28(37-21(6)33)24(39-26)16-35-19(4)31/h12-13,23-24,26,28H,10-11,14-16H2,1-9H3/t23-,24-,26-,28-/m1/s1. The monoisotopic (exact) mass is 549 g/mol. The lowest BCUT2D eigenvalue weighted by atomic mass is 9.78. The lowest BCUT2D eigenvalue weighted by molar-refractivity contribution is -0.246. The Bertz CT molecular complexity index is 1050. The first-order valence-electron chi connectivity index (χ1n) is 13.3. The van der Waals surface area contributed by atoms with Crippen LogP contribution in [0.5, 0.6) is 5.75 Å². The fourth-order valence-corrected chi connectivity index (χ4v) is 5.06. The minimum Gasteiger partial charge on any atom is -0.464 e. The van der Waals surface area contributed by atoms with Gasteiger partial charge in [0.05, 0.1) is 6.42 Å². The SMILES string of the molecule is CCCN(C)C(=O)CC(C)(C)c1c(C)cc(C)cc1O[C@H]1C[C@@H](OC(C)=O)[C@@H](OC(C)=O)[C@@H](COC(C)=O)O1. The van der Waals surface area contributed by atoms with E-state index in [9.17, 15) is 19.2 Å². The van der Waals surface area contributed by atoms with Gasteiger partial charge in [0.2, 0.25) is 12.2 Å². The molecule has 1 saturated heterocycles. The number of hydrogen-bond acceptors (Lipinski definition) is 9. The zero-order valence-corrected chi connectivity index (χ0v) is 24.6. The second-order valence-corrected chi connectivity index (χ2v) is 10.8. The molecule has 0 aromatic heterocycles. The van der Waals surface area contributed by atoms with Gasteiger partial charge in [-0.3, -0.25) is 19.2 Å². The topological polar surface area (TPSA) is 118 Å². The smallest absolute Gasteiger partial charge is 0.303 e. The van der Waals surface area contributed by atoms with Crippen molar-refractivity contribution in [3.05, 3.63) is 28.8 Å². The van der Waals surface area contributed by atoms with Gasteiger partial charge in [-0.25, -0.2) is 0 Å². The molecule has 0 saturated carbocycles. The van der Waals surface area contributed by atoms with Crippen molar-refractivity contribution in [3.8, 4) is 5.75 Å². The van der Waals surface area contributed by atoms with Crippen LogP contribution in [0.1, 0.15) is 77.5 Å². The molecular formula is C29H43NO9. The van der Waals surface area contributed by atoms with Crippen LogP contribution in [0.15, 0.2) is 12.1 Å². The van der Waals surface area contributed by atoms with Crippen molar-refractivity contribution in [3.63, 3.8) is 0 Å². The highest BCUT2D eigenvalue weighted by Gasteiger charge is 2.45. The van der Waals surface area contributed by atoms with E-state index in [2.05, 4.69) is 0 Å². The van der Waals surface area contributed by atoms with E-state index in [0.717, 1.165) is 23.1 Å². The van der Waals surface area contributed by atoms with Crippen LogP contribution in [0.4, 0.5) is 0 Å². The molecule has 1 aromatic carbocycles. The van der Waals surface area contributed by atoms with E-state index < -0.39 is 47.9 Å². The number of carbonyl (C=O) groups excluding carboxylic acids is 4. The van der Waals surface area contributed by atoms with Gasteiger partial charge in [-0.2, -0.15) is 0 Å². The summed E-state index contributed by atoms with van der Waals surface area (Å²) in [6.45, 7) is 14.1. The summed E-state index contributed by atoms with van der Waals surface area (Å²) in [5.74, 6) is -1.13. The number of benzene rings is 1. The van der Waals surface area contributed by atoms with E-state index in [1.54, 1.807) is 11.9 Å². The number of ether oxygens (including phenoxy) is 5. The van der Waals surface area contributed by atoms with Gasteiger partial charge in [0.15, 0.2) is 6.10 Å². The molecule has 1 aliphatic rings. The number of amides is 1. The summed E-state index contributed by atoms with van der Waals surface area (Å²) in [6, 6.07) is 3.92. The average Bonchev–Trinajstić information content (AvgIpc) is 2.78. The zero-order chi connectivity index (χ0) is 29.5. The summed E-state index contributed by atoms with van der Waals surface area (Å²) < 4.78 is 28.6. The fraction of sp³-hybridized carbons (Fsp3) is 0.655. The van der Waals surface area contributed by atoms with Gasteiger partial charge in [-0.15, -0.1) is 0 Å². The number of aryl methyl sites for hydroxylation is 2. The highest BCUT2D eigenvalue weighted by molar-refractivity contribution is 5.78. The number of carbonyl (C=O) groups is 4. The summed E-state index contributed by atoms with van der Waals surface area (Å²) in [7, 11) is 1.80. The van der Waals surface area contributed by atoms with Crippen LogP contribution in [0.25, 0.3) is 0 Å². The first-order chi connectivity index (χ1) is 18.1. The van der Waals surface area contributed by atoms with Crippen LogP contribution >= 0.6 is 0 Å². The van der Waals surface area contributed by atoms with Crippen molar-refractivity contribution in [2.45, 2.75) is 105 Å². The average molecular weight is 550 g/mol. The van der Waals surface area contributed by atoms with E-state index in [0.29, 0.717) is 12.3 Å². The van der Waals surface area contributed by atoms with Crippen LogP contribution in [-0.4, -0.2) is 73.5 Å². The van der Waals surface area contributed by atoms with Crippen molar-refractivity contribution in [1.29, 1.82) is 0 Å². The molecule has 4 atom stereocenters. The summed E-state index contributed by atoms with van der Waals surface area (Å²) >= 11 is 0. The molecule has 1 heterocycles. The van der Waals surface area contributed by atoms with E-state index in [1.165, 1.54) is 20.8 Å². The molecule has 1 aromatic rings. The van der Waals surface area contributed by atoms with Gasteiger partial charge in [0.1, 0.15) is 24.6 Å². The molecule has 0 bridgehead atoms. The molecule has 10 heteroatoms. The van der Waals surface area contributed by atoms with Gasteiger partial charge in [-0.1, -0.05) is 26.8 Å². The van der Waals surface area contributed by atoms with Gasteiger partial charge < -0.3 is 28.6 Å². The Labute approximate surface area is 231 Å². The number of nitrogens with zero attached hydrogens (tertiary/aromatic N) is 1. The van der Waals surface area contributed by atoms with Crippen LogP contribution in [0.2, 0.25) is 0 Å². The highest BCUT2D eigenvalue weighted by atomic mass is 16.7. The maximum absolute atomic E-state index is 13.0. The van der Waals surface area contributed by atoms with Gasteiger partial charge in [0, 0.05) is 51.8 Å². The minimum absolute atomic E-state index is 0.0299. The van der Waals surface area contributed by atoms with Crippen LogP contribution in [0, 0.1) is 13.8 Å². The van der Waals surface area contributed by atoms with E-state index in [4.69, 9.17) is 23.7 Å². The summed E-state index contributed by atoms with van der Waals surface area (Å²) in [5.41, 5.74) is 2.20. The summed E-state index contributed by atoms with van der Waals surface area (Å²) in [6.07, 6.45) is -2.53. The molecule has 1 fully saturated rings. The van der Waals surface area contributed by atoms with Crippen molar-refractivity contribution < 1.29 is 42.9 Å². The van der Waals surface area contributed by atoms with Crippen LogP contribution < -0.4 is 4.74 Å². The second-order valence-electron chi connectivity index (χ2n) is 10.8. The Morgan fingerprint density at radius 1 is 1.03 bits per heavy atom. The van der Waals surface area contributed by atoms with E-state index in [-0.39, 0.29) is 25.4 Å². The molecule has 0 N–H and O–H groups in total. The molecule has 218 valence electrons. The molecule has 1 amide bonds. The molecule has 1 aliphatic heterocycles. The number of hydrogen-bond donors (Lipinski definition) is 0.